The average Bonchev–Trinajstić information content (AvgIpc) is 2.67. The topological polar surface area (TPSA) is 12.0 Å². The normalized spacial score (nSPS) is 27.5. The van der Waals surface area contributed by atoms with Gasteiger partial charge in [0.25, 0.3) is 0 Å². The van der Waals surface area contributed by atoms with E-state index in [1.54, 1.807) is 0 Å². The van der Waals surface area contributed by atoms with Crippen LogP contribution in [0.2, 0.25) is 0 Å². The minimum Gasteiger partial charge on any atom is -0.319 e. The molecule has 0 radical (unpaired) electrons. The summed E-state index contributed by atoms with van der Waals surface area (Å²) >= 11 is 5.45. The first kappa shape index (κ1) is 8.73. The molecule has 1 aromatic heterocycles. The third-order valence-electron chi connectivity index (χ3n) is 2.37. The standard InChI is InChI=1S/C9H12BrNS/c1-11-5-6-4-7(6)9-8(10)2-3-12-9/h2-3,6-7,11H,4-5H2,1H3. The second-order valence-electron chi connectivity index (χ2n) is 3.29. The van der Waals surface area contributed by atoms with Gasteiger partial charge in [0.15, 0.2) is 0 Å². The van der Waals surface area contributed by atoms with Crippen LogP contribution in [0, 0.1) is 5.92 Å². The van der Waals surface area contributed by atoms with Crippen molar-refractivity contribution in [1.29, 1.82) is 0 Å². The summed E-state index contributed by atoms with van der Waals surface area (Å²) in [7, 11) is 2.03. The molecule has 1 fully saturated rings. The van der Waals surface area contributed by atoms with Crippen LogP contribution in [0.3, 0.4) is 0 Å². The van der Waals surface area contributed by atoms with E-state index < -0.39 is 0 Å². The molecule has 2 unspecified atom stereocenters. The van der Waals surface area contributed by atoms with E-state index in [2.05, 4.69) is 32.7 Å². The molecule has 0 aliphatic heterocycles. The third kappa shape index (κ3) is 1.58. The summed E-state index contributed by atoms with van der Waals surface area (Å²) in [5, 5.41) is 5.39. The van der Waals surface area contributed by atoms with Gasteiger partial charge in [-0.25, -0.2) is 0 Å². The average molecular weight is 246 g/mol. The zero-order valence-corrected chi connectivity index (χ0v) is 9.41. The highest BCUT2D eigenvalue weighted by Crippen LogP contribution is 2.51. The van der Waals surface area contributed by atoms with Gasteiger partial charge in [0.2, 0.25) is 0 Å². The number of halogens is 1. The molecule has 1 nitrogen and oxygen atoms in total. The maximum atomic E-state index is 3.58. The molecular weight excluding hydrogens is 234 g/mol. The van der Waals surface area contributed by atoms with E-state index in [0.29, 0.717) is 0 Å². The summed E-state index contributed by atoms with van der Waals surface area (Å²) < 4.78 is 1.30. The number of thiophene rings is 1. The Bertz CT molecular complexity index is 271. The summed E-state index contributed by atoms with van der Waals surface area (Å²) in [6.45, 7) is 1.16. The lowest BCUT2D eigenvalue weighted by Gasteiger charge is -1.96. The van der Waals surface area contributed by atoms with Crippen molar-refractivity contribution < 1.29 is 0 Å². The van der Waals surface area contributed by atoms with Crippen molar-refractivity contribution in [2.75, 3.05) is 13.6 Å². The van der Waals surface area contributed by atoms with Crippen LogP contribution in [-0.2, 0) is 0 Å². The zero-order chi connectivity index (χ0) is 8.55. The molecular formula is C9H12BrNS. The molecule has 66 valence electrons. The van der Waals surface area contributed by atoms with Gasteiger partial charge in [-0.05, 0) is 59.2 Å². The number of hydrogen-bond donors (Lipinski definition) is 1. The van der Waals surface area contributed by atoms with Crippen LogP contribution in [0.25, 0.3) is 0 Å². The molecule has 1 aliphatic rings. The fraction of sp³-hybridized carbons (Fsp3) is 0.556. The molecule has 0 amide bonds. The van der Waals surface area contributed by atoms with E-state index in [1.807, 2.05) is 18.4 Å². The molecule has 12 heavy (non-hydrogen) atoms. The molecule has 1 aliphatic carbocycles. The third-order valence-corrected chi connectivity index (χ3v) is 4.37. The highest BCUT2D eigenvalue weighted by Gasteiger charge is 2.39. The Balaban J connectivity index is 2.01. The maximum Gasteiger partial charge on any atom is 0.0317 e. The molecule has 1 aromatic rings. The van der Waals surface area contributed by atoms with Crippen molar-refractivity contribution in [2.45, 2.75) is 12.3 Å². The second-order valence-corrected chi connectivity index (χ2v) is 5.09. The highest BCUT2D eigenvalue weighted by molar-refractivity contribution is 9.10. The predicted molar refractivity (Wildman–Crippen MR) is 56.8 cm³/mol. The van der Waals surface area contributed by atoms with Gasteiger partial charge in [0, 0.05) is 9.35 Å². The van der Waals surface area contributed by atoms with Gasteiger partial charge in [-0.3, -0.25) is 0 Å². The summed E-state index contributed by atoms with van der Waals surface area (Å²) in [4.78, 5) is 1.54. The van der Waals surface area contributed by atoms with Crippen molar-refractivity contribution >= 4 is 27.3 Å². The van der Waals surface area contributed by atoms with Crippen LogP contribution in [0.1, 0.15) is 17.2 Å². The fourth-order valence-electron chi connectivity index (χ4n) is 1.63. The molecule has 1 saturated carbocycles. The highest BCUT2D eigenvalue weighted by atomic mass is 79.9. The van der Waals surface area contributed by atoms with E-state index in [4.69, 9.17) is 0 Å². The van der Waals surface area contributed by atoms with Crippen molar-refractivity contribution in [3.63, 3.8) is 0 Å². The predicted octanol–water partition coefficient (Wildman–Crippen LogP) is 2.83. The van der Waals surface area contributed by atoms with E-state index in [-0.39, 0.29) is 0 Å². The Morgan fingerprint density at radius 2 is 2.58 bits per heavy atom. The number of rotatable bonds is 3. The van der Waals surface area contributed by atoms with Gasteiger partial charge in [-0.2, -0.15) is 0 Å². The maximum absolute atomic E-state index is 3.58. The van der Waals surface area contributed by atoms with Gasteiger partial charge in [-0.15, -0.1) is 11.3 Å². The van der Waals surface area contributed by atoms with E-state index in [0.717, 1.165) is 18.4 Å². The molecule has 2 rings (SSSR count). The lowest BCUT2D eigenvalue weighted by Crippen LogP contribution is -2.09. The molecule has 1 heterocycles. The lowest BCUT2D eigenvalue weighted by atomic mass is 10.2. The first-order valence-corrected chi connectivity index (χ1v) is 5.87. The van der Waals surface area contributed by atoms with Gasteiger partial charge >= 0.3 is 0 Å². The Morgan fingerprint density at radius 3 is 3.17 bits per heavy atom. The van der Waals surface area contributed by atoms with E-state index in [9.17, 15) is 0 Å². The van der Waals surface area contributed by atoms with Crippen molar-refractivity contribution in [1.82, 2.24) is 5.32 Å². The molecule has 2 atom stereocenters. The van der Waals surface area contributed by atoms with Crippen LogP contribution >= 0.6 is 27.3 Å². The van der Waals surface area contributed by atoms with Gasteiger partial charge < -0.3 is 5.32 Å². The van der Waals surface area contributed by atoms with Crippen molar-refractivity contribution in [3.05, 3.63) is 20.8 Å². The zero-order valence-electron chi connectivity index (χ0n) is 7.01. The molecule has 0 bridgehead atoms. The molecule has 0 spiro atoms. The number of nitrogens with one attached hydrogen (secondary N) is 1. The van der Waals surface area contributed by atoms with Crippen LogP contribution < -0.4 is 5.32 Å². The first-order valence-electron chi connectivity index (χ1n) is 4.20. The fourth-order valence-corrected chi connectivity index (χ4v) is 3.50. The van der Waals surface area contributed by atoms with Gasteiger partial charge in [0.1, 0.15) is 0 Å². The SMILES string of the molecule is CNCC1CC1c1sccc1Br. The summed E-state index contributed by atoms with van der Waals surface area (Å²) in [5.41, 5.74) is 0. The molecule has 0 aromatic carbocycles. The second kappa shape index (κ2) is 3.48. The number of hydrogen-bond acceptors (Lipinski definition) is 2. The monoisotopic (exact) mass is 245 g/mol. The molecule has 1 N–H and O–H groups in total. The minimum atomic E-state index is 0.826. The van der Waals surface area contributed by atoms with Crippen molar-refractivity contribution in [3.8, 4) is 0 Å². The Labute approximate surface area is 85.3 Å². The van der Waals surface area contributed by atoms with Crippen molar-refractivity contribution in [2.24, 2.45) is 5.92 Å². The lowest BCUT2D eigenvalue weighted by molar-refractivity contribution is 0.700. The summed E-state index contributed by atoms with van der Waals surface area (Å²) in [6, 6.07) is 2.15. The van der Waals surface area contributed by atoms with Crippen LogP contribution in [0.5, 0.6) is 0 Å². The first-order chi connectivity index (χ1) is 5.83. The largest absolute Gasteiger partial charge is 0.319 e. The minimum absolute atomic E-state index is 0.826. The van der Waals surface area contributed by atoms with Crippen LogP contribution in [0.4, 0.5) is 0 Å². The van der Waals surface area contributed by atoms with Crippen LogP contribution in [0.15, 0.2) is 15.9 Å². The van der Waals surface area contributed by atoms with E-state index in [1.165, 1.54) is 15.8 Å². The van der Waals surface area contributed by atoms with Gasteiger partial charge in [0.05, 0.1) is 0 Å². The van der Waals surface area contributed by atoms with Gasteiger partial charge in [-0.1, -0.05) is 0 Å². The van der Waals surface area contributed by atoms with E-state index >= 15 is 0 Å². The quantitative estimate of drug-likeness (QED) is 0.864. The van der Waals surface area contributed by atoms with Crippen LogP contribution in [-0.4, -0.2) is 13.6 Å². The summed E-state index contributed by atoms with van der Waals surface area (Å²) in [6.07, 6.45) is 1.36. The Hall–Kier alpha value is 0.140. The molecule has 0 saturated heterocycles. The molecule has 3 heteroatoms. The Kier molecular flexibility index (Phi) is 2.53. The smallest absolute Gasteiger partial charge is 0.0317 e. The Morgan fingerprint density at radius 1 is 1.75 bits per heavy atom. The summed E-state index contributed by atoms with van der Waals surface area (Å²) in [5.74, 6) is 1.71.